The van der Waals surface area contributed by atoms with E-state index in [2.05, 4.69) is 13.8 Å². The molecule has 2 heteroatoms. The number of phenolic OH excluding ortho intramolecular Hbond substituents is 1. The number of rotatable bonds is 2. The van der Waals surface area contributed by atoms with Crippen molar-refractivity contribution >= 4 is 0 Å². The Morgan fingerprint density at radius 2 is 1.82 bits per heavy atom. The van der Waals surface area contributed by atoms with Gasteiger partial charge in [0.2, 0.25) is 0 Å². The molecule has 0 aliphatic heterocycles. The molecular formula is C15H23NO. The maximum atomic E-state index is 9.47. The highest BCUT2D eigenvalue weighted by Crippen LogP contribution is 2.40. The summed E-state index contributed by atoms with van der Waals surface area (Å²) in [6.45, 7) is 4.64. The van der Waals surface area contributed by atoms with Gasteiger partial charge >= 0.3 is 0 Å². The van der Waals surface area contributed by atoms with E-state index in [4.69, 9.17) is 5.73 Å². The lowest BCUT2D eigenvalue weighted by Crippen LogP contribution is -2.46. The predicted molar refractivity (Wildman–Crippen MR) is 71.0 cm³/mol. The molecule has 0 atom stereocenters. The highest BCUT2D eigenvalue weighted by molar-refractivity contribution is 5.28. The van der Waals surface area contributed by atoms with Gasteiger partial charge in [0.1, 0.15) is 5.75 Å². The SMILES string of the molecule is CC1(C)CCC(N)(Cc2cccc(O)c2)CC1. The van der Waals surface area contributed by atoms with Crippen LogP contribution in [-0.4, -0.2) is 10.6 Å². The lowest BCUT2D eigenvalue weighted by atomic mass is 9.68. The zero-order chi connectivity index (χ0) is 12.5. The fourth-order valence-electron chi connectivity index (χ4n) is 2.67. The number of phenols is 1. The van der Waals surface area contributed by atoms with Crippen LogP contribution in [-0.2, 0) is 6.42 Å². The molecule has 3 N–H and O–H groups in total. The quantitative estimate of drug-likeness (QED) is 0.823. The highest BCUT2D eigenvalue weighted by Gasteiger charge is 2.35. The lowest BCUT2D eigenvalue weighted by Gasteiger charge is -2.41. The second kappa shape index (κ2) is 4.34. The van der Waals surface area contributed by atoms with Crippen molar-refractivity contribution in [1.82, 2.24) is 0 Å². The van der Waals surface area contributed by atoms with Crippen molar-refractivity contribution < 1.29 is 5.11 Å². The molecule has 0 heterocycles. The Hall–Kier alpha value is -1.02. The van der Waals surface area contributed by atoms with Crippen molar-refractivity contribution in [2.24, 2.45) is 11.1 Å². The maximum absolute atomic E-state index is 9.47. The normalized spacial score (nSPS) is 22.3. The van der Waals surface area contributed by atoms with Gasteiger partial charge in [0, 0.05) is 5.54 Å². The molecule has 0 radical (unpaired) electrons. The summed E-state index contributed by atoms with van der Waals surface area (Å²) in [7, 11) is 0. The minimum Gasteiger partial charge on any atom is -0.508 e. The van der Waals surface area contributed by atoms with Gasteiger partial charge in [0.15, 0.2) is 0 Å². The molecule has 0 spiro atoms. The summed E-state index contributed by atoms with van der Waals surface area (Å²) in [5.41, 5.74) is 7.99. The van der Waals surface area contributed by atoms with E-state index in [-0.39, 0.29) is 5.54 Å². The molecule has 2 rings (SSSR count). The number of hydrogen-bond donors (Lipinski definition) is 2. The number of hydrogen-bond acceptors (Lipinski definition) is 2. The first-order chi connectivity index (χ1) is 7.89. The second-order valence-corrected chi connectivity index (χ2v) is 6.37. The van der Waals surface area contributed by atoms with Crippen molar-refractivity contribution in [3.8, 4) is 5.75 Å². The minimum atomic E-state index is -0.0800. The molecule has 2 nitrogen and oxygen atoms in total. The first-order valence-corrected chi connectivity index (χ1v) is 6.45. The van der Waals surface area contributed by atoms with Crippen LogP contribution in [0.2, 0.25) is 0 Å². The summed E-state index contributed by atoms with van der Waals surface area (Å²) in [6.07, 6.45) is 5.42. The summed E-state index contributed by atoms with van der Waals surface area (Å²) in [6, 6.07) is 7.47. The molecule has 17 heavy (non-hydrogen) atoms. The first-order valence-electron chi connectivity index (χ1n) is 6.45. The fraction of sp³-hybridized carbons (Fsp3) is 0.600. The van der Waals surface area contributed by atoms with E-state index >= 15 is 0 Å². The topological polar surface area (TPSA) is 46.2 Å². The average molecular weight is 233 g/mol. The van der Waals surface area contributed by atoms with Crippen LogP contribution in [0.1, 0.15) is 45.1 Å². The standard InChI is InChI=1S/C15H23NO/c1-14(2)6-8-15(16,9-7-14)11-12-4-3-5-13(17)10-12/h3-5,10,17H,6-9,11,16H2,1-2H3. The fourth-order valence-corrected chi connectivity index (χ4v) is 2.67. The molecule has 0 aromatic heterocycles. The summed E-state index contributed by atoms with van der Waals surface area (Å²) in [5.74, 6) is 0.335. The van der Waals surface area contributed by atoms with Gasteiger partial charge in [-0.1, -0.05) is 26.0 Å². The van der Waals surface area contributed by atoms with Gasteiger partial charge in [-0.2, -0.15) is 0 Å². The van der Waals surface area contributed by atoms with Gasteiger partial charge in [-0.15, -0.1) is 0 Å². The Morgan fingerprint density at radius 1 is 1.18 bits per heavy atom. The third-order valence-electron chi connectivity index (χ3n) is 4.07. The zero-order valence-corrected chi connectivity index (χ0v) is 10.9. The van der Waals surface area contributed by atoms with E-state index in [1.165, 1.54) is 12.8 Å². The van der Waals surface area contributed by atoms with E-state index in [1.807, 2.05) is 18.2 Å². The Labute approximate surface area is 104 Å². The highest BCUT2D eigenvalue weighted by atomic mass is 16.3. The van der Waals surface area contributed by atoms with Crippen molar-refractivity contribution in [2.75, 3.05) is 0 Å². The van der Waals surface area contributed by atoms with E-state index < -0.39 is 0 Å². The number of benzene rings is 1. The van der Waals surface area contributed by atoms with Gasteiger partial charge in [-0.3, -0.25) is 0 Å². The van der Waals surface area contributed by atoms with Crippen LogP contribution in [0.15, 0.2) is 24.3 Å². The average Bonchev–Trinajstić information content (AvgIpc) is 2.24. The lowest BCUT2D eigenvalue weighted by molar-refractivity contribution is 0.164. The van der Waals surface area contributed by atoms with Crippen molar-refractivity contribution in [3.63, 3.8) is 0 Å². The van der Waals surface area contributed by atoms with E-state index in [0.29, 0.717) is 11.2 Å². The molecular weight excluding hydrogens is 210 g/mol. The Morgan fingerprint density at radius 3 is 2.41 bits per heavy atom. The summed E-state index contributed by atoms with van der Waals surface area (Å²) < 4.78 is 0. The summed E-state index contributed by atoms with van der Waals surface area (Å²) in [4.78, 5) is 0. The first kappa shape index (κ1) is 12.4. The smallest absolute Gasteiger partial charge is 0.115 e. The largest absolute Gasteiger partial charge is 0.508 e. The molecule has 0 unspecified atom stereocenters. The molecule has 94 valence electrons. The summed E-state index contributed by atoms with van der Waals surface area (Å²) >= 11 is 0. The van der Waals surface area contributed by atoms with Crippen molar-refractivity contribution in [2.45, 2.75) is 51.5 Å². The molecule has 0 amide bonds. The van der Waals surface area contributed by atoms with Crippen LogP contribution >= 0.6 is 0 Å². The van der Waals surface area contributed by atoms with Gasteiger partial charge in [0.05, 0.1) is 0 Å². The van der Waals surface area contributed by atoms with Gasteiger partial charge < -0.3 is 10.8 Å². The minimum absolute atomic E-state index is 0.0800. The molecule has 1 aliphatic rings. The molecule has 0 bridgehead atoms. The van der Waals surface area contributed by atoms with Gasteiger partial charge in [-0.25, -0.2) is 0 Å². The van der Waals surface area contributed by atoms with Gasteiger partial charge in [0.25, 0.3) is 0 Å². The Balaban J connectivity index is 2.04. The van der Waals surface area contributed by atoms with Crippen molar-refractivity contribution in [3.05, 3.63) is 29.8 Å². The maximum Gasteiger partial charge on any atom is 0.115 e. The monoisotopic (exact) mass is 233 g/mol. The van der Waals surface area contributed by atoms with E-state index in [1.54, 1.807) is 6.07 Å². The Kier molecular flexibility index (Phi) is 3.17. The van der Waals surface area contributed by atoms with Crippen LogP contribution < -0.4 is 5.73 Å². The zero-order valence-electron chi connectivity index (χ0n) is 10.9. The van der Waals surface area contributed by atoms with E-state index in [9.17, 15) is 5.11 Å². The second-order valence-electron chi connectivity index (χ2n) is 6.37. The molecule has 1 aliphatic carbocycles. The van der Waals surface area contributed by atoms with Crippen LogP contribution in [0.25, 0.3) is 0 Å². The molecule has 1 saturated carbocycles. The van der Waals surface area contributed by atoms with Crippen LogP contribution in [0, 0.1) is 5.41 Å². The third-order valence-corrected chi connectivity index (χ3v) is 4.07. The molecule has 0 saturated heterocycles. The van der Waals surface area contributed by atoms with Crippen LogP contribution in [0.4, 0.5) is 0 Å². The molecule has 1 aromatic rings. The molecule has 1 fully saturated rings. The van der Waals surface area contributed by atoms with Gasteiger partial charge in [-0.05, 0) is 55.2 Å². The Bertz CT molecular complexity index is 388. The third kappa shape index (κ3) is 3.22. The van der Waals surface area contributed by atoms with Crippen molar-refractivity contribution in [1.29, 1.82) is 0 Å². The number of aromatic hydroxyl groups is 1. The van der Waals surface area contributed by atoms with E-state index in [0.717, 1.165) is 24.8 Å². The van der Waals surface area contributed by atoms with Crippen LogP contribution in [0.3, 0.4) is 0 Å². The summed E-state index contributed by atoms with van der Waals surface area (Å²) in [5, 5.41) is 9.47. The number of nitrogens with two attached hydrogens (primary N) is 1. The van der Waals surface area contributed by atoms with Crippen LogP contribution in [0.5, 0.6) is 5.75 Å². The predicted octanol–water partition coefficient (Wildman–Crippen LogP) is 3.23. The molecule has 1 aromatic carbocycles.